The van der Waals surface area contributed by atoms with E-state index in [0.717, 1.165) is 5.56 Å². The second-order valence-electron chi connectivity index (χ2n) is 5.22. The van der Waals surface area contributed by atoms with Crippen LogP contribution in [0.1, 0.15) is 27.9 Å². The number of carbonyl (C=O) groups is 3. The largest absolute Gasteiger partial charge is 0.465 e. The SMILES string of the molecule is COC(=O)c1ccc(/C=N/NC(=O)CC(=O)NCc2cccnc2)cc1. The summed E-state index contributed by atoms with van der Waals surface area (Å²) < 4.78 is 4.60. The maximum Gasteiger partial charge on any atom is 0.337 e. The number of esters is 1. The number of nitrogens with zero attached hydrogens (tertiary/aromatic N) is 2. The highest BCUT2D eigenvalue weighted by Gasteiger charge is 2.08. The monoisotopic (exact) mass is 354 g/mol. The van der Waals surface area contributed by atoms with Crippen LogP contribution in [0, 0.1) is 0 Å². The molecule has 1 aromatic carbocycles. The Bertz CT molecular complexity index is 789. The number of hydrazone groups is 1. The zero-order valence-electron chi connectivity index (χ0n) is 14.1. The summed E-state index contributed by atoms with van der Waals surface area (Å²) in [7, 11) is 1.31. The molecule has 0 saturated carbocycles. The number of pyridine rings is 1. The van der Waals surface area contributed by atoms with E-state index >= 15 is 0 Å². The normalized spacial score (nSPS) is 10.3. The first-order valence-corrected chi connectivity index (χ1v) is 7.74. The van der Waals surface area contributed by atoms with Crippen molar-refractivity contribution in [1.29, 1.82) is 0 Å². The second kappa shape index (κ2) is 9.67. The van der Waals surface area contributed by atoms with Gasteiger partial charge < -0.3 is 10.1 Å². The number of rotatable bonds is 7. The number of nitrogens with one attached hydrogen (secondary N) is 2. The van der Waals surface area contributed by atoms with Gasteiger partial charge in [-0.1, -0.05) is 18.2 Å². The van der Waals surface area contributed by atoms with Gasteiger partial charge in [-0.05, 0) is 29.3 Å². The lowest BCUT2D eigenvalue weighted by atomic mass is 10.1. The van der Waals surface area contributed by atoms with Crippen LogP contribution in [-0.4, -0.2) is 36.1 Å². The number of carbonyl (C=O) groups excluding carboxylic acids is 3. The molecule has 0 unspecified atom stereocenters. The fraction of sp³-hybridized carbons (Fsp3) is 0.167. The highest BCUT2D eigenvalue weighted by Crippen LogP contribution is 2.03. The number of aromatic nitrogens is 1. The van der Waals surface area contributed by atoms with E-state index in [0.29, 0.717) is 17.7 Å². The minimum Gasteiger partial charge on any atom is -0.465 e. The molecule has 2 amide bonds. The van der Waals surface area contributed by atoms with E-state index in [4.69, 9.17) is 0 Å². The smallest absolute Gasteiger partial charge is 0.337 e. The minimum atomic E-state index is -0.531. The Morgan fingerprint density at radius 1 is 1.15 bits per heavy atom. The molecule has 0 fully saturated rings. The fourth-order valence-corrected chi connectivity index (χ4v) is 1.95. The molecule has 0 saturated heterocycles. The molecule has 8 heteroatoms. The van der Waals surface area contributed by atoms with E-state index < -0.39 is 17.8 Å². The van der Waals surface area contributed by atoms with Gasteiger partial charge in [0.25, 0.3) is 0 Å². The molecule has 0 aliphatic heterocycles. The number of ether oxygens (including phenoxy) is 1. The Hall–Kier alpha value is -3.55. The molecule has 0 radical (unpaired) electrons. The summed E-state index contributed by atoms with van der Waals surface area (Å²) in [6.45, 7) is 0.301. The van der Waals surface area contributed by atoms with Crippen molar-refractivity contribution in [3.8, 4) is 0 Å². The predicted octanol–water partition coefficient (Wildman–Crippen LogP) is 1.02. The molecular formula is C18H18N4O4. The Kier molecular flexibility index (Phi) is 6.99. The Balaban J connectivity index is 1.74. The van der Waals surface area contributed by atoms with Crippen LogP contribution in [0.25, 0.3) is 0 Å². The fourth-order valence-electron chi connectivity index (χ4n) is 1.95. The van der Waals surface area contributed by atoms with Gasteiger partial charge in [0, 0.05) is 18.9 Å². The summed E-state index contributed by atoms with van der Waals surface area (Å²) >= 11 is 0. The molecule has 0 aliphatic carbocycles. The van der Waals surface area contributed by atoms with Crippen molar-refractivity contribution < 1.29 is 19.1 Å². The third-order valence-electron chi connectivity index (χ3n) is 3.27. The maximum atomic E-state index is 11.7. The summed E-state index contributed by atoms with van der Waals surface area (Å²) in [5.74, 6) is -1.38. The topological polar surface area (TPSA) is 110 Å². The molecule has 134 valence electrons. The molecule has 2 N–H and O–H groups in total. The van der Waals surface area contributed by atoms with Crippen LogP contribution in [0.15, 0.2) is 53.9 Å². The molecule has 0 spiro atoms. The van der Waals surface area contributed by atoms with Crippen LogP contribution < -0.4 is 10.7 Å². The number of hydrogen-bond acceptors (Lipinski definition) is 6. The first kappa shape index (κ1) is 18.8. The van der Waals surface area contributed by atoms with Crippen LogP contribution in [0.3, 0.4) is 0 Å². The van der Waals surface area contributed by atoms with Crippen LogP contribution >= 0.6 is 0 Å². The lowest BCUT2D eigenvalue weighted by molar-refractivity contribution is -0.129. The van der Waals surface area contributed by atoms with E-state index in [1.165, 1.54) is 13.3 Å². The first-order chi connectivity index (χ1) is 12.6. The van der Waals surface area contributed by atoms with Crippen molar-refractivity contribution in [3.63, 3.8) is 0 Å². The van der Waals surface area contributed by atoms with Crippen molar-refractivity contribution in [2.24, 2.45) is 5.10 Å². The van der Waals surface area contributed by atoms with Gasteiger partial charge in [0.05, 0.1) is 18.9 Å². The van der Waals surface area contributed by atoms with E-state index in [2.05, 4.69) is 25.6 Å². The first-order valence-electron chi connectivity index (χ1n) is 7.74. The van der Waals surface area contributed by atoms with Gasteiger partial charge in [-0.2, -0.15) is 5.10 Å². The third-order valence-corrected chi connectivity index (χ3v) is 3.27. The third kappa shape index (κ3) is 6.16. The van der Waals surface area contributed by atoms with E-state index in [1.54, 1.807) is 42.7 Å². The van der Waals surface area contributed by atoms with Crippen molar-refractivity contribution in [3.05, 3.63) is 65.5 Å². The zero-order chi connectivity index (χ0) is 18.8. The van der Waals surface area contributed by atoms with Crippen LogP contribution in [0.4, 0.5) is 0 Å². The van der Waals surface area contributed by atoms with Crippen molar-refractivity contribution in [2.75, 3.05) is 7.11 Å². The number of amides is 2. The molecule has 2 rings (SSSR count). The molecule has 1 heterocycles. The molecule has 2 aromatic rings. The number of hydrogen-bond donors (Lipinski definition) is 2. The number of benzene rings is 1. The number of methoxy groups -OCH3 is 1. The van der Waals surface area contributed by atoms with Crippen LogP contribution in [0.2, 0.25) is 0 Å². The Morgan fingerprint density at radius 2 is 1.92 bits per heavy atom. The van der Waals surface area contributed by atoms with E-state index in [-0.39, 0.29) is 6.42 Å². The van der Waals surface area contributed by atoms with Gasteiger partial charge in [-0.25, -0.2) is 10.2 Å². The highest BCUT2D eigenvalue weighted by atomic mass is 16.5. The average Bonchev–Trinajstić information content (AvgIpc) is 2.67. The lowest BCUT2D eigenvalue weighted by Gasteiger charge is -2.04. The van der Waals surface area contributed by atoms with Gasteiger partial charge >= 0.3 is 5.97 Å². The van der Waals surface area contributed by atoms with Gasteiger partial charge in [-0.15, -0.1) is 0 Å². The van der Waals surface area contributed by atoms with E-state index in [1.807, 2.05) is 6.07 Å². The molecule has 0 aliphatic rings. The van der Waals surface area contributed by atoms with Crippen molar-refractivity contribution in [1.82, 2.24) is 15.7 Å². The Morgan fingerprint density at radius 3 is 2.58 bits per heavy atom. The molecule has 8 nitrogen and oxygen atoms in total. The molecule has 26 heavy (non-hydrogen) atoms. The van der Waals surface area contributed by atoms with Crippen LogP contribution in [0.5, 0.6) is 0 Å². The van der Waals surface area contributed by atoms with Crippen molar-refractivity contribution in [2.45, 2.75) is 13.0 Å². The van der Waals surface area contributed by atoms with Crippen LogP contribution in [-0.2, 0) is 20.9 Å². The van der Waals surface area contributed by atoms with Crippen molar-refractivity contribution >= 4 is 24.0 Å². The Labute approximate surface area is 150 Å². The molecular weight excluding hydrogens is 336 g/mol. The summed E-state index contributed by atoms with van der Waals surface area (Å²) in [5.41, 5.74) is 4.21. The predicted molar refractivity (Wildman–Crippen MR) is 94.2 cm³/mol. The quantitative estimate of drug-likeness (QED) is 0.334. The van der Waals surface area contributed by atoms with E-state index in [9.17, 15) is 14.4 Å². The molecule has 1 aromatic heterocycles. The maximum absolute atomic E-state index is 11.7. The highest BCUT2D eigenvalue weighted by molar-refractivity contribution is 5.97. The van der Waals surface area contributed by atoms with Gasteiger partial charge in [0.15, 0.2) is 0 Å². The minimum absolute atomic E-state index is 0.301. The van der Waals surface area contributed by atoms with Gasteiger partial charge in [-0.3, -0.25) is 14.6 Å². The standard InChI is InChI=1S/C18H18N4O4/c1-26-18(25)15-6-4-13(5-7-15)12-21-22-17(24)9-16(23)20-11-14-3-2-8-19-10-14/h2-8,10,12H,9,11H2,1H3,(H,20,23)(H,22,24)/b21-12+. The summed E-state index contributed by atoms with van der Waals surface area (Å²) in [5, 5.41) is 6.40. The summed E-state index contributed by atoms with van der Waals surface area (Å²) in [6, 6.07) is 10.1. The van der Waals surface area contributed by atoms with Gasteiger partial charge in [0.2, 0.25) is 11.8 Å². The zero-order valence-corrected chi connectivity index (χ0v) is 14.1. The average molecular weight is 354 g/mol. The molecule has 0 bridgehead atoms. The summed E-state index contributed by atoms with van der Waals surface area (Å²) in [4.78, 5) is 38.6. The lowest BCUT2D eigenvalue weighted by Crippen LogP contribution is -2.29. The summed E-state index contributed by atoms with van der Waals surface area (Å²) in [6.07, 6.45) is 4.35. The molecule has 0 atom stereocenters. The second-order valence-corrected chi connectivity index (χ2v) is 5.22. The van der Waals surface area contributed by atoms with Gasteiger partial charge in [0.1, 0.15) is 6.42 Å².